The second-order valence-electron chi connectivity index (χ2n) is 6.38. The van der Waals surface area contributed by atoms with Crippen LogP contribution in [0.25, 0.3) is 0 Å². The molecule has 3 rings (SSSR count). The summed E-state index contributed by atoms with van der Waals surface area (Å²) in [6.45, 7) is 2.57. The summed E-state index contributed by atoms with van der Waals surface area (Å²) in [7, 11) is 0. The van der Waals surface area contributed by atoms with Crippen LogP contribution in [0.1, 0.15) is 11.1 Å². The third-order valence-corrected chi connectivity index (χ3v) is 5.16. The number of aliphatic imine (C=N–C) groups is 2. The molecule has 1 aliphatic heterocycles. The third kappa shape index (κ3) is 6.67. The molecule has 0 spiro atoms. The Morgan fingerprint density at radius 3 is 1.70 bits per heavy atom. The van der Waals surface area contributed by atoms with Crippen LogP contribution in [0, 0.1) is 0 Å². The Labute approximate surface area is 180 Å². The molecule has 160 valence electrons. The maximum atomic E-state index is 10.3. The average molecular weight is 431 g/mol. The first-order chi connectivity index (χ1) is 14.8. The van der Waals surface area contributed by atoms with Crippen LogP contribution in [0.15, 0.2) is 46.4 Å². The van der Waals surface area contributed by atoms with Crippen molar-refractivity contribution in [3.05, 3.63) is 47.5 Å². The molecule has 7 nitrogen and oxygen atoms in total. The molecule has 0 fully saturated rings. The molecule has 0 aromatic heterocycles. The van der Waals surface area contributed by atoms with Gasteiger partial charge in [0.1, 0.15) is 13.2 Å². The molecule has 2 N–H and O–H groups in total. The van der Waals surface area contributed by atoms with Gasteiger partial charge in [-0.3, -0.25) is 9.98 Å². The van der Waals surface area contributed by atoms with Crippen LogP contribution < -0.4 is 9.47 Å². The minimum absolute atomic E-state index is 0.0732. The van der Waals surface area contributed by atoms with Crippen LogP contribution in [0.3, 0.4) is 0 Å². The van der Waals surface area contributed by atoms with Crippen LogP contribution in [-0.4, -0.2) is 73.7 Å². The Hall–Kier alpha value is -2.71. The number of para-hydroxylation sites is 2. The first kappa shape index (κ1) is 22.0. The number of aromatic hydroxyl groups is 2. The zero-order chi connectivity index (χ0) is 21.0. The van der Waals surface area contributed by atoms with Gasteiger partial charge in [-0.25, -0.2) is 0 Å². The zero-order valence-electron chi connectivity index (χ0n) is 16.7. The van der Waals surface area contributed by atoms with Crippen LogP contribution in [0.4, 0.5) is 0 Å². The summed E-state index contributed by atoms with van der Waals surface area (Å²) >= 11 is 1.75. The minimum Gasteiger partial charge on any atom is -0.504 e. The number of phenolic OH excluding ortho intramolecular Hbond substituents is 2. The lowest BCUT2D eigenvalue weighted by atomic mass is 10.2. The van der Waals surface area contributed by atoms with Crippen molar-refractivity contribution in [1.82, 2.24) is 0 Å². The zero-order valence-corrected chi connectivity index (χ0v) is 17.5. The van der Waals surface area contributed by atoms with E-state index in [2.05, 4.69) is 9.98 Å². The molecule has 0 aliphatic carbocycles. The SMILES string of the molecule is Oc1c2cccc1OCCOCCOc1cccc(c1O)C=NCCSCCN=C2. The fourth-order valence-corrected chi connectivity index (χ4v) is 3.38. The molecule has 1 aliphatic rings. The summed E-state index contributed by atoms with van der Waals surface area (Å²) < 4.78 is 16.7. The number of nitrogens with zero attached hydrogens (tertiary/aromatic N) is 2. The second-order valence-corrected chi connectivity index (χ2v) is 7.60. The molecule has 2 aromatic carbocycles. The van der Waals surface area contributed by atoms with E-state index in [4.69, 9.17) is 14.2 Å². The van der Waals surface area contributed by atoms with Crippen molar-refractivity contribution in [3.8, 4) is 23.0 Å². The molecule has 0 atom stereocenters. The number of thioether (sulfide) groups is 1. The van der Waals surface area contributed by atoms with Gasteiger partial charge in [0.2, 0.25) is 0 Å². The van der Waals surface area contributed by atoms with Gasteiger partial charge in [0.15, 0.2) is 23.0 Å². The van der Waals surface area contributed by atoms with E-state index in [9.17, 15) is 10.2 Å². The molecule has 0 saturated heterocycles. The van der Waals surface area contributed by atoms with Gasteiger partial charge in [-0.2, -0.15) is 11.8 Å². The largest absolute Gasteiger partial charge is 0.504 e. The van der Waals surface area contributed by atoms with Gasteiger partial charge in [0.25, 0.3) is 0 Å². The van der Waals surface area contributed by atoms with Gasteiger partial charge in [-0.05, 0) is 24.3 Å². The topological polar surface area (TPSA) is 92.9 Å². The lowest BCUT2D eigenvalue weighted by molar-refractivity contribution is 0.0751. The van der Waals surface area contributed by atoms with E-state index in [1.165, 1.54) is 0 Å². The quantitative estimate of drug-likeness (QED) is 0.667. The molecule has 0 radical (unpaired) electrons. The standard InChI is InChI=1S/C22H26N2O5S/c25-21-17-3-1-5-19(21)28-11-9-27-10-12-29-20-6-2-4-18(22(20)26)16-24-8-14-30-13-7-23-15-17/h1-6,15-16,25-26H,7-14H2. The summed E-state index contributed by atoms with van der Waals surface area (Å²) in [4.78, 5) is 8.75. The van der Waals surface area contributed by atoms with Crippen molar-refractivity contribution in [2.45, 2.75) is 0 Å². The smallest absolute Gasteiger partial charge is 0.166 e. The highest BCUT2D eigenvalue weighted by molar-refractivity contribution is 7.99. The van der Waals surface area contributed by atoms with E-state index in [0.29, 0.717) is 62.1 Å². The summed E-state index contributed by atoms with van der Waals surface area (Å²) in [5.74, 6) is 2.65. The Morgan fingerprint density at radius 2 is 1.20 bits per heavy atom. The summed E-state index contributed by atoms with van der Waals surface area (Å²) in [5, 5.41) is 20.7. The van der Waals surface area contributed by atoms with Gasteiger partial charge in [-0.1, -0.05) is 12.1 Å². The number of phenols is 2. The molecule has 0 saturated carbocycles. The Kier molecular flexibility index (Phi) is 8.86. The van der Waals surface area contributed by atoms with E-state index in [1.54, 1.807) is 48.5 Å². The maximum Gasteiger partial charge on any atom is 0.166 e. The lowest BCUT2D eigenvalue weighted by Crippen LogP contribution is -2.12. The average Bonchev–Trinajstić information content (AvgIpc) is 2.75. The Balaban J connectivity index is 1.63. The monoisotopic (exact) mass is 430 g/mol. The number of ether oxygens (including phenoxy) is 3. The summed E-state index contributed by atoms with van der Waals surface area (Å²) in [6, 6.07) is 10.6. The van der Waals surface area contributed by atoms with Crippen LogP contribution in [0.2, 0.25) is 0 Å². The van der Waals surface area contributed by atoms with Gasteiger partial charge in [0, 0.05) is 48.2 Å². The second kappa shape index (κ2) is 12.1. The fourth-order valence-electron chi connectivity index (χ4n) is 2.71. The molecule has 0 unspecified atom stereocenters. The molecule has 30 heavy (non-hydrogen) atoms. The highest BCUT2D eigenvalue weighted by Gasteiger charge is 2.08. The number of benzene rings is 2. The predicted octanol–water partition coefficient (Wildman–Crippen LogP) is 3.16. The molecule has 0 amide bonds. The maximum absolute atomic E-state index is 10.3. The van der Waals surface area contributed by atoms with Crippen molar-refractivity contribution in [1.29, 1.82) is 0 Å². The minimum atomic E-state index is 0.0732. The van der Waals surface area contributed by atoms with E-state index in [-0.39, 0.29) is 11.5 Å². The number of fused-ring (bicyclic) bond motifs is 4. The molecular weight excluding hydrogens is 404 g/mol. The van der Waals surface area contributed by atoms with Gasteiger partial charge in [0.05, 0.1) is 13.2 Å². The van der Waals surface area contributed by atoms with Gasteiger partial charge in [-0.15, -0.1) is 0 Å². The molecule has 1 heterocycles. The summed E-state index contributed by atoms with van der Waals surface area (Å²) in [6.07, 6.45) is 3.33. The number of rotatable bonds is 0. The van der Waals surface area contributed by atoms with E-state index >= 15 is 0 Å². The van der Waals surface area contributed by atoms with Crippen LogP contribution in [0.5, 0.6) is 23.0 Å². The fraction of sp³-hybridized carbons (Fsp3) is 0.364. The van der Waals surface area contributed by atoms with Gasteiger partial charge >= 0.3 is 0 Å². The summed E-state index contributed by atoms with van der Waals surface area (Å²) in [5.41, 5.74) is 1.25. The number of hydrogen-bond donors (Lipinski definition) is 2. The third-order valence-electron chi connectivity index (χ3n) is 4.22. The molecule has 8 heteroatoms. The van der Waals surface area contributed by atoms with Crippen molar-refractivity contribution in [2.24, 2.45) is 9.98 Å². The van der Waals surface area contributed by atoms with Crippen molar-refractivity contribution >= 4 is 24.2 Å². The van der Waals surface area contributed by atoms with Crippen molar-refractivity contribution in [3.63, 3.8) is 0 Å². The van der Waals surface area contributed by atoms with E-state index in [0.717, 1.165) is 11.5 Å². The highest BCUT2D eigenvalue weighted by atomic mass is 32.2. The van der Waals surface area contributed by atoms with Crippen LogP contribution >= 0.6 is 11.8 Å². The van der Waals surface area contributed by atoms with Crippen molar-refractivity contribution in [2.75, 3.05) is 51.0 Å². The van der Waals surface area contributed by atoms with Crippen LogP contribution in [-0.2, 0) is 4.74 Å². The van der Waals surface area contributed by atoms with Crippen molar-refractivity contribution < 1.29 is 24.4 Å². The molecule has 2 aromatic rings. The predicted molar refractivity (Wildman–Crippen MR) is 120 cm³/mol. The van der Waals surface area contributed by atoms with E-state index in [1.807, 2.05) is 12.1 Å². The first-order valence-electron chi connectivity index (χ1n) is 9.80. The number of hydrogen-bond acceptors (Lipinski definition) is 8. The molecule has 4 bridgehead atoms. The normalized spacial score (nSPS) is 16.5. The first-order valence-corrected chi connectivity index (χ1v) is 11.0. The van der Waals surface area contributed by atoms with E-state index < -0.39 is 0 Å². The highest BCUT2D eigenvalue weighted by Crippen LogP contribution is 2.29. The Bertz CT molecular complexity index is 803. The van der Waals surface area contributed by atoms with Gasteiger partial charge < -0.3 is 24.4 Å². The Morgan fingerprint density at radius 1 is 0.700 bits per heavy atom. The lowest BCUT2D eigenvalue weighted by Gasteiger charge is -2.11. The molecular formula is C22H26N2O5S.